The molecule has 84 valence electrons. The lowest BCUT2D eigenvalue weighted by molar-refractivity contribution is 0.440. The number of rotatable bonds is 2. The van der Waals surface area contributed by atoms with Crippen LogP contribution < -0.4 is 4.74 Å². The van der Waals surface area contributed by atoms with Crippen molar-refractivity contribution in [2.24, 2.45) is 0 Å². The molecule has 2 aromatic carbocycles. The first-order valence-electron chi connectivity index (χ1n) is 4.83. The summed E-state index contributed by atoms with van der Waals surface area (Å²) in [5, 5.41) is 8.62. The fourth-order valence-electron chi connectivity index (χ4n) is 1.30. The molecule has 0 atom stereocenters. The lowest BCUT2D eigenvalue weighted by Gasteiger charge is -2.08. The summed E-state index contributed by atoms with van der Waals surface area (Å²) >= 11 is 3.31. The Bertz CT molecular complexity index is 592. The number of halogens is 2. The van der Waals surface area contributed by atoms with E-state index in [0.29, 0.717) is 5.75 Å². The average Bonchev–Trinajstić information content (AvgIpc) is 2.34. The predicted octanol–water partition coefficient (Wildman–Crippen LogP) is 4.25. The molecule has 0 aliphatic heterocycles. The molecule has 0 radical (unpaired) electrons. The molecule has 2 rings (SSSR count). The van der Waals surface area contributed by atoms with Gasteiger partial charge in [0.2, 0.25) is 0 Å². The first-order valence-corrected chi connectivity index (χ1v) is 5.62. The van der Waals surface area contributed by atoms with Crippen molar-refractivity contribution in [2.45, 2.75) is 0 Å². The van der Waals surface area contributed by atoms with Gasteiger partial charge in [-0.25, -0.2) is 4.39 Å². The molecular formula is C13H7BrFNO. The molecular weight excluding hydrogens is 285 g/mol. The SMILES string of the molecule is N#Cc1ccc(Oc2ccccc2Br)c(F)c1. The van der Waals surface area contributed by atoms with E-state index in [1.807, 2.05) is 12.1 Å². The van der Waals surface area contributed by atoms with E-state index in [2.05, 4.69) is 15.9 Å². The van der Waals surface area contributed by atoms with Gasteiger partial charge in [-0.15, -0.1) is 0 Å². The third-order valence-corrected chi connectivity index (χ3v) is 2.77. The topological polar surface area (TPSA) is 33.0 Å². The van der Waals surface area contributed by atoms with Gasteiger partial charge in [-0.05, 0) is 46.3 Å². The van der Waals surface area contributed by atoms with E-state index in [9.17, 15) is 4.39 Å². The van der Waals surface area contributed by atoms with Gasteiger partial charge in [0.15, 0.2) is 11.6 Å². The fraction of sp³-hybridized carbons (Fsp3) is 0. The second kappa shape index (κ2) is 4.98. The van der Waals surface area contributed by atoms with Crippen LogP contribution in [0.15, 0.2) is 46.9 Å². The van der Waals surface area contributed by atoms with Crippen LogP contribution in [-0.2, 0) is 0 Å². The Morgan fingerprint density at radius 3 is 2.53 bits per heavy atom. The standard InChI is InChI=1S/C13H7BrFNO/c14-10-3-1-2-4-12(10)17-13-6-5-9(8-16)7-11(13)15/h1-7H. The van der Waals surface area contributed by atoms with Gasteiger partial charge in [0.1, 0.15) is 5.75 Å². The first-order chi connectivity index (χ1) is 8.20. The molecule has 0 unspecified atom stereocenters. The third kappa shape index (κ3) is 2.63. The van der Waals surface area contributed by atoms with E-state index in [4.69, 9.17) is 10.00 Å². The van der Waals surface area contributed by atoms with Crippen LogP contribution in [0.1, 0.15) is 5.56 Å². The average molecular weight is 292 g/mol. The Morgan fingerprint density at radius 2 is 1.88 bits per heavy atom. The molecule has 2 aromatic rings. The lowest BCUT2D eigenvalue weighted by Crippen LogP contribution is -1.90. The highest BCUT2D eigenvalue weighted by Gasteiger charge is 2.07. The second-order valence-corrected chi connectivity index (χ2v) is 4.14. The molecule has 4 heteroatoms. The Kier molecular flexibility index (Phi) is 3.40. The van der Waals surface area contributed by atoms with Gasteiger partial charge in [-0.2, -0.15) is 5.26 Å². The molecule has 0 heterocycles. The van der Waals surface area contributed by atoms with Gasteiger partial charge in [0.25, 0.3) is 0 Å². The van der Waals surface area contributed by atoms with Crippen LogP contribution in [0.5, 0.6) is 11.5 Å². The molecule has 0 spiro atoms. The minimum atomic E-state index is -0.556. The monoisotopic (exact) mass is 291 g/mol. The summed E-state index contributed by atoms with van der Waals surface area (Å²) in [7, 11) is 0. The van der Waals surface area contributed by atoms with E-state index in [-0.39, 0.29) is 11.3 Å². The number of hydrogen-bond donors (Lipinski definition) is 0. The molecule has 0 amide bonds. The van der Waals surface area contributed by atoms with Crippen molar-refractivity contribution < 1.29 is 9.13 Å². The van der Waals surface area contributed by atoms with E-state index >= 15 is 0 Å². The minimum Gasteiger partial charge on any atom is -0.453 e. The third-order valence-electron chi connectivity index (χ3n) is 2.12. The fourth-order valence-corrected chi connectivity index (χ4v) is 1.66. The van der Waals surface area contributed by atoms with Crippen LogP contribution in [0.4, 0.5) is 4.39 Å². The normalized spacial score (nSPS) is 9.71. The molecule has 2 nitrogen and oxygen atoms in total. The van der Waals surface area contributed by atoms with Gasteiger partial charge in [0, 0.05) is 0 Å². The number of nitriles is 1. The lowest BCUT2D eigenvalue weighted by atomic mass is 10.2. The van der Waals surface area contributed by atoms with Crippen molar-refractivity contribution in [2.75, 3.05) is 0 Å². The largest absolute Gasteiger partial charge is 0.453 e. The molecule has 0 aliphatic carbocycles. The maximum atomic E-state index is 13.6. The van der Waals surface area contributed by atoms with Crippen LogP contribution >= 0.6 is 15.9 Å². The highest BCUT2D eigenvalue weighted by Crippen LogP contribution is 2.30. The number of benzene rings is 2. The van der Waals surface area contributed by atoms with Gasteiger partial charge in [0.05, 0.1) is 16.1 Å². The summed E-state index contributed by atoms with van der Waals surface area (Å²) in [6, 6.07) is 13.1. The van der Waals surface area contributed by atoms with Gasteiger partial charge in [-0.3, -0.25) is 0 Å². The summed E-state index contributed by atoms with van der Waals surface area (Å²) in [6.45, 7) is 0. The van der Waals surface area contributed by atoms with Crippen LogP contribution in [0, 0.1) is 17.1 Å². The summed E-state index contributed by atoms with van der Waals surface area (Å²) in [5.41, 5.74) is 0.266. The molecule has 0 aromatic heterocycles. The number of ether oxygens (including phenoxy) is 1. The van der Waals surface area contributed by atoms with Gasteiger partial charge >= 0.3 is 0 Å². The molecule has 0 saturated carbocycles. The van der Waals surface area contributed by atoms with Crippen LogP contribution in [0.3, 0.4) is 0 Å². The zero-order valence-electron chi connectivity index (χ0n) is 8.65. The molecule has 0 N–H and O–H groups in total. The molecule has 0 aliphatic rings. The van der Waals surface area contributed by atoms with Crippen molar-refractivity contribution in [3.63, 3.8) is 0 Å². The van der Waals surface area contributed by atoms with Crippen molar-refractivity contribution in [3.05, 3.63) is 58.3 Å². The Labute approximate surface area is 106 Å². The zero-order valence-corrected chi connectivity index (χ0v) is 10.2. The second-order valence-electron chi connectivity index (χ2n) is 3.29. The summed E-state index contributed by atoms with van der Waals surface area (Å²) in [5.74, 6) is 0.0619. The van der Waals surface area contributed by atoms with Gasteiger partial charge in [-0.1, -0.05) is 12.1 Å². The van der Waals surface area contributed by atoms with Crippen molar-refractivity contribution in [1.82, 2.24) is 0 Å². The number of hydrogen-bond acceptors (Lipinski definition) is 2. The van der Waals surface area contributed by atoms with Gasteiger partial charge < -0.3 is 4.74 Å². The summed E-state index contributed by atoms with van der Waals surface area (Å²) in [6.07, 6.45) is 0. The first kappa shape index (κ1) is 11.6. The van der Waals surface area contributed by atoms with Crippen molar-refractivity contribution in [3.8, 4) is 17.6 Å². The molecule has 0 saturated heterocycles. The van der Waals surface area contributed by atoms with E-state index < -0.39 is 5.82 Å². The van der Waals surface area contributed by atoms with Crippen molar-refractivity contribution >= 4 is 15.9 Å². The maximum absolute atomic E-state index is 13.6. The summed E-state index contributed by atoms with van der Waals surface area (Å²) in [4.78, 5) is 0. The van der Waals surface area contributed by atoms with E-state index in [1.165, 1.54) is 12.1 Å². The molecule has 17 heavy (non-hydrogen) atoms. The summed E-state index contributed by atoms with van der Waals surface area (Å²) < 4.78 is 19.7. The quantitative estimate of drug-likeness (QED) is 0.828. The van der Waals surface area contributed by atoms with Crippen LogP contribution in [-0.4, -0.2) is 0 Å². The molecule has 0 bridgehead atoms. The zero-order chi connectivity index (χ0) is 12.3. The maximum Gasteiger partial charge on any atom is 0.167 e. The smallest absolute Gasteiger partial charge is 0.167 e. The Morgan fingerprint density at radius 1 is 1.12 bits per heavy atom. The van der Waals surface area contributed by atoms with Crippen LogP contribution in [0.2, 0.25) is 0 Å². The minimum absolute atomic E-state index is 0.0934. The van der Waals surface area contributed by atoms with E-state index in [1.54, 1.807) is 18.2 Å². The Balaban J connectivity index is 2.32. The number of nitrogens with zero attached hydrogens (tertiary/aromatic N) is 1. The van der Waals surface area contributed by atoms with Crippen molar-refractivity contribution in [1.29, 1.82) is 5.26 Å². The van der Waals surface area contributed by atoms with Crippen LogP contribution in [0.25, 0.3) is 0 Å². The highest BCUT2D eigenvalue weighted by atomic mass is 79.9. The highest BCUT2D eigenvalue weighted by molar-refractivity contribution is 9.10. The number of para-hydroxylation sites is 1. The predicted molar refractivity (Wildman–Crippen MR) is 65.3 cm³/mol. The Hall–Kier alpha value is -1.86. The molecule has 0 fully saturated rings. The van der Waals surface area contributed by atoms with E-state index in [0.717, 1.165) is 10.5 Å².